The van der Waals surface area contributed by atoms with E-state index in [2.05, 4.69) is 32.3 Å². The number of hydrogen-bond donors (Lipinski definition) is 2. The molecule has 0 amide bonds. The van der Waals surface area contributed by atoms with Crippen molar-refractivity contribution >= 4 is 11.6 Å². The SMILES string of the molecule is OCCCC(Nc1cc(N2CCCCC2)ncn1)c1ccccc1. The van der Waals surface area contributed by atoms with E-state index in [-0.39, 0.29) is 12.6 Å². The van der Waals surface area contributed by atoms with Crippen LogP contribution in [0.1, 0.15) is 43.7 Å². The van der Waals surface area contributed by atoms with Crippen LogP contribution in [-0.2, 0) is 0 Å². The number of anilines is 2. The molecule has 2 N–H and O–H groups in total. The third-order valence-corrected chi connectivity index (χ3v) is 4.51. The summed E-state index contributed by atoms with van der Waals surface area (Å²) < 4.78 is 0. The Bertz CT molecular complexity index is 614. The van der Waals surface area contributed by atoms with Crippen LogP contribution in [0.25, 0.3) is 0 Å². The van der Waals surface area contributed by atoms with Gasteiger partial charge in [-0.2, -0.15) is 0 Å². The standard InChI is InChI=1S/C19H26N4O/c24-13-7-10-17(16-8-3-1-4-9-16)22-18-14-19(21-15-20-18)23-11-5-2-6-12-23/h1,3-4,8-9,14-15,17,24H,2,5-7,10-13H2,(H,20,21,22). The Morgan fingerprint density at radius 3 is 2.62 bits per heavy atom. The predicted octanol–water partition coefficient (Wildman–Crippen LogP) is 3.39. The van der Waals surface area contributed by atoms with Gasteiger partial charge in [-0.1, -0.05) is 30.3 Å². The molecule has 1 saturated heterocycles. The summed E-state index contributed by atoms with van der Waals surface area (Å²) in [7, 11) is 0. The molecule has 0 saturated carbocycles. The quantitative estimate of drug-likeness (QED) is 0.816. The van der Waals surface area contributed by atoms with Gasteiger partial charge in [-0.3, -0.25) is 0 Å². The summed E-state index contributed by atoms with van der Waals surface area (Å²) in [5.41, 5.74) is 1.21. The third kappa shape index (κ3) is 4.45. The number of aliphatic hydroxyl groups is 1. The lowest BCUT2D eigenvalue weighted by Crippen LogP contribution is -2.30. The number of hydrogen-bond acceptors (Lipinski definition) is 5. The fourth-order valence-electron chi connectivity index (χ4n) is 3.20. The van der Waals surface area contributed by atoms with E-state index < -0.39 is 0 Å². The first kappa shape index (κ1) is 16.7. The van der Waals surface area contributed by atoms with Crippen LogP contribution in [0, 0.1) is 0 Å². The van der Waals surface area contributed by atoms with Crippen LogP contribution in [-0.4, -0.2) is 34.8 Å². The minimum absolute atomic E-state index is 0.141. The number of aromatic nitrogens is 2. The lowest BCUT2D eigenvalue weighted by atomic mass is 10.0. The van der Waals surface area contributed by atoms with E-state index in [1.165, 1.54) is 24.8 Å². The average Bonchev–Trinajstić information content (AvgIpc) is 2.67. The zero-order valence-corrected chi connectivity index (χ0v) is 14.1. The summed E-state index contributed by atoms with van der Waals surface area (Å²) in [5, 5.41) is 12.7. The highest BCUT2D eigenvalue weighted by molar-refractivity contribution is 5.49. The molecule has 0 radical (unpaired) electrons. The van der Waals surface area contributed by atoms with Gasteiger partial charge in [-0.25, -0.2) is 9.97 Å². The molecule has 24 heavy (non-hydrogen) atoms. The van der Waals surface area contributed by atoms with Crippen molar-refractivity contribution in [2.45, 2.75) is 38.1 Å². The molecule has 5 nitrogen and oxygen atoms in total. The van der Waals surface area contributed by atoms with Crippen LogP contribution >= 0.6 is 0 Å². The molecule has 0 spiro atoms. The van der Waals surface area contributed by atoms with Crippen LogP contribution < -0.4 is 10.2 Å². The van der Waals surface area contributed by atoms with Crippen LogP contribution in [0.2, 0.25) is 0 Å². The summed E-state index contributed by atoms with van der Waals surface area (Å²) in [6, 6.07) is 12.5. The van der Waals surface area contributed by atoms with E-state index in [0.717, 1.165) is 37.6 Å². The van der Waals surface area contributed by atoms with Gasteiger partial charge in [0.05, 0.1) is 6.04 Å². The second-order valence-electron chi connectivity index (χ2n) is 6.28. The highest BCUT2D eigenvalue weighted by atomic mass is 16.2. The minimum Gasteiger partial charge on any atom is -0.396 e. The normalized spacial score (nSPS) is 16.0. The smallest absolute Gasteiger partial charge is 0.134 e. The number of nitrogens with one attached hydrogen (secondary N) is 1. The molecule has 1 aromatic carbocycles. The molecule has 5 heteroatoms. The van der Waals surface area contributed by atoms with Crippen molar-refractivity contribution in [3.63, 3.8) is 0 Å². The monoisotopic (exact) mass is 326 g/mol. The van der Waals surface area contributed by atoms with Crippen LogP contribution in [0.5, 0.6) is 0 Å². The Balaban J connectivity index is 1.74. The maximum atomic E-state index is 9.18. The Labute approximate surface area is 143 Å². The van der Waals surface area contributed by atoms with Crippen molar-refractivity contribution in [1.29, 1.82) is 0 Å². The summed E-state index contributed by atoms with van der Waals surface area (Å²) in [4.78, 5) is 11.2. The average molecular weight is 326 g/mol. The van der Waals surface area contributed by atoms with Crippen LogP contribution in [0.3, 0.4) is 0 Å². The summed E-state index contributed by atoms with van der Waals surface area (Å²) in [6.07, 6.45) is 7.04. The third-order valence-electron chi connectivity index (χ3n) is 4.51. The van der Waals surface area contributed by atoms with Crippen molar-refractivity contribution in [3.8, 4) is 0 Å². The maximum absolute atomic E-state index is 9.18. The van der Waals surface area contributed by atoms with Crippen LogP contribution in [0.15, 0.2) is 42.7 Å². The molecule has 1 aliphatic heterocycles. The molecule has 1 unspecified atom stereocenters. The Kier molecular flexibility index (Phi) is 6.01. The molecule has 0 aliphatic carbocycles. The molecule has 3 rings (SSSR count). The predicted molar refractivity (Wildman–Crippen MR) is 97.2 cm³/mol. The van der Waals surface area contributed by atoms with Gasteiger partial charge in [0.15, 0.2) is 0 Å². The Morgan fingerprint density at radius 2 is 1.88 bits per heavy atom. The fraction of sp³-hybridized carbons (Fsp3) is 0.474. The lowest BCUT2D eigenvalue weighted by Gasteiger charge is -2.28. The molecule has 1 atom stereocenters. The molecule has 2 heterocycles. The highest BCUT2D eigenvalue weighted by Gasteiger charge is 2.15. The zero-order chi connectivity index (χ0) is 16.6. The van der Waals surface area contributed by atoms with Gasteiger partial charge in [0.25, 0.3) is 0 Å². The molecule has 0 bridgehead atoms. The second kappa shape index (κ2) is 8.64. The molecule has 128 valence electrons. The highest BCUT2D eigenvalue weighted by Crippen LogP contribution is 2.25. The molecule has 2 aromatic rings. The molecule has 1 fully saturated rings. The van der Waals surface area contributed by atoms with Crippen LogP contribution in [0.4, 0.5) is 11.6 Å². The summed E-state index contributed by atoms with van der Waals surface area (Å²) in [6.45, 7) is 2.35. The van der Waals surface area contributed by atoms with E-state index in [1.54, 1.807) is 6.33 Å². The van der Waals surface area contributed by atoms with E-state index in [9.17, 15) is 5.11 Å². The number of nitrogens with zero attached hydrogens (tertiary/aromatic N) is 3. The van der Waals surface area contributed by atoms with Crippen molar-refractivity contribution in [3.05, 3.63) is 48.3 Å². The number of rotatable bonds is 7. The van der Waals surface area contributed by atoms with Gasteiger partial charge < -0.3 is 15.3 Å². The minimum atomic E-state index is 0.141. The van der Waals surface area contributed by atoms with Gasteiger partial charge in [0.2, 0.25) is 0 Å². The van der Waals surface area contributed by atoms with Gasteiger partial charge in [-0.15, -0.1) is 0 Å². The number of benzene rings is 1. The van der Waals surface area contributed by atoms with E-state index in [4.69, 9.17) is 0 Å². The summed E-state index contributed by atoms with van der Waals surface area (Å²) in [5.74, 6) is 1.85. The molecular formula is C19H26N4O. The lowest BCUT2D eigenvalue weighted by molar-refractivity contribution is 0.281. The first-order chi connectivity index (χ1) is 11.9. The van der Waals surface area contributed by atoms with Gasteiger partial charge in [-0.05, 0) is 37.7 Å². The molecule has 1 aliphatic rings. The molecule has 1 aromatic heterocycles. The van der Waals surface area contributed by atoms with Gasteiger partial charge in [0, 0.05) is 25.8 Å². The van der Waals surface area contributed by atoms with E-state index >= 15 is 0 Å². The summed E-state index contributed by atoms with van der Waals surface area (Å²) >= 11 is 0. The number of piperidine rings is 1. The fourth-order valence-corrected chi connectivity index (χ4v) is 3.20. The maximum Gasteiger partial charge on any atom is 0.134 e. The zero-order valence-electron chi connectivity index (χ0n) is 14.1. The molecular weight excluding hydrogens is 300 g/mol. The van der Waals surface area contributed by atoms with Crippen molar-refractivity contribution < 1.29 is 5.11 Å². The Hall–Kier alpha value is -2.14. The number of aliphatic hydroxyl groups excluding tert-OH is 1. The topological polar surface area (TPSA) is 61.3 Å². The van der Waals surface area contributed by atoms with Crippen molar-refractivity contribution in [2.24, 2.45) is 0 Å². The largest absolute Gasteiger partial charge is 0.396 e. The van der Waals surface area contributed by atoms with Crippen molar-refractivity contribution in [2.75, 3.05) is 29.9 Å². The first-order valence-electron chi connectivity index (χ1n) is 8.86. The van der Waals surface area contributed by atoms with E-state index in [0.29, 0.717) is 0 Å². The van der Waals surface area contributed by atoms with Crippen molar-refractivity contribution in [1.82, 2.24) is 9.97 Å². The Morgan fingerprint density at radius 1 is 1.08 bits per heavy atom. The van der Waals surface area contributed by atoms with Gasteiger partial charge >= 0.3 is 0 Å². The van der Waals surface area contributed by atoms with E-state index in [1.807, 2.05) is 24.3 Å². The second-order valence-corrected chi connectivity index (χ2v) is 6.28. The first-order valence-corrected chi connectivity index (χ1v) is 8.86. The van der Waals surface area contributed by atoms with Gasteiger partial charge in [0.1, 0.15) is 18.0 Å².